The lowest BCUT2D eigenvalue weighted by Crippen LogP contribution is -2.41. The van der Waals surface area contributed by atoms with Crippen molar-refractivity contribution in [2.24, 2.45) is 7.05 Å². The van der Waals surface area contributed by atoms with E-state index in [-0.39, 0.29) is 29.2 Å². The third-order valence-electron chi connectivity index (χ3n) is 6.05. The Hall–Kier alpha value is -4.20. The molecule has 220 valence electrons. The number of nitrogens with zero attached hydrogens (tertiary/aromatic N) is 3. The van der Waals surface area contributed by atoms with Crippen LogP contribution in [0, 0.1) is 23.5 Å². The molecular weight excluding hydrogens is 564 g/mol. The number of alkyl carbamates (subject to hydrolysis) is 1. The predicted octanol–water partition coefficient (Wildman–Crippen LogP) is 6.08. The van der Waals surface area contributed by atoms with Crippen LogP contribution in [0.5, 0.6) is 0 Å². The Morgan fingerprint density at radius 2 is 1.76 bits per heavy atom. The standard InChI is InChI=1S/C31H32ClF2N5O3/c1-30(2,3)37-29(40)42-24(15-17-13-18(33)16-19(34)14-17)26-21(8-7-20(36-26)11-12-31(4,5)41)22-9-10-23(32)25-27(22)39(6)38-28(25)35/h7-10,13-14,16,24,41H,15H2,1-6H3,(H2,35,38)(H,37,40)/t24-/m0/s1. The largest absolute Gasteiger partial charge is 0.439 e. The molecule has 0 aliphatic heterocycles. The first-order valence-electron chi connectivity index (χ1n) is 13.1. The number of halogens is 3. The van der Waals surface area contributed by atoms with Gasteiger partial charge in [0.2, 0.25) is 0 Å². The maximum absolute atomic E-state index is 14.2. The number of rotatable bonds is 5. The highest BCUT2D eigenvalue weighted by Crippen LogP contribution is 2.39. The number of carbonyl (C=O) groups is 1. The second kappa shape index (κ2) is 11.6. The van der Waals surface area contributed by atoms with Crippen LogP contribution in [0.15, 0.2) is 42.5 Å². The molecular formula is C31H32ClF2N5O3. The quantitative estimate of drug-likeness (QED) is 0.241. The second-order valence-electron chi connectivity index (χ2n) is 11.5. The van der Waals surface area contributed by atoms with Crippen LogP contribution in [0.4, 0.5) is 19.4 Å². The monoisotopic (exact) mass is 595 g/mol. The zero-order valence-electron chi connectivity index (χ0n) is 24.1. The fraction of sp³-hybridized carbons (Fsp3) is 0.323. The maximum atomic E-state index is 14.2. The Bertz CT molecular complexity index is 1710. The zero-order valence-corrected chi connectivity index (χ0v) is 24.9. The summed E-state index contributed by atoms with van der Waals surface area (Å²) in [5, 5.41) is 18.2. The third kappa shape index (κ3) is 7.35. The number of benzene rings is 2. The molecule has 0 aliphatic carbocycles. The number of amides is 1. The molecule has 0 saturated carbocycles. The van der Waals surface area contributed by atoms with Gasteiger partial charge in [0.1, 0.15) is 22.9 Å². The van der Waals surface area contributed by atoms with Crippen molar-refractivity contribution in [3.8, 4) is 23.0 Å². The molecule has 0 saturated heterocycles. The van der Waals surface area contributed by atoms with Gasteiger partial charge in [0.05, 0.1) is 21.6 Å². The van der Waals surface area contributed by atoms with Gasteiger partial charge >= 0.3 is 6.09 Å². The number of hydrogen-bond acceptors (Lipinski definition) is 6. The molecule has 0 radical (unpaired) electrons. The number of carbonyl (C=O) groups excluding carboxylic acids is 1. The summed E-state index contributed by atoms with van der Waals surface area (Å²) >= 11 is 6.47. The number of nitrogens with two attached hydrogens (primary N) is 1. The highest BCUT2D eigenvalue weighted by Gasteiger charge is 2.27. The number of fused-ring (bicyclic) bond motifs is 1. The molecule has 0 spiro atoms. The number of pyridine rings is 1. The highest BCUT2D eigenvalue weighted by atomic mass is 35.5. The summed E-state index contributed by atoms with van der Waals surface area (Å²) in [5.41, 5.74) is 6.78. The van der Waals surface area contributed by atoms with Crippen molar-refractivity contribution in [2.75, 3.05) is 5.73 Å². The van der Waals surface area contributed by atoms with E-state index in [1.807, 2.05) is 0 Å². The lowest BCUT2D eigenvalue weighted by molar-refractivity contribution is 0.0891. The number of hydrogen-bond donors (Lipinski definition) is 3. The van der Waals surface area contributed by atoms with Crippen LogP contribution in [-0.4, -0.2) is 37.1 Å². The number of nitrogen functional groups attached to an aromatic ring is 1. The first-order valence-corrected chi connectivity index (χ1v) is 13.5. The summed E-state index contributed by atoms with van der Waals surface area (Å²) in [6, 6.07) is 9.94. The van der Waals surface area contributed by atoms with Gasteiger partial charge in [0.15, 0.2) is 11.9 Å². The first-order chi connectivity index (χ1) is 19.5. The van der Waals surface area contributed by atoms with Crippen LogP contribution in [0.2, 0.25) is 5.02 Å². The van der Waals surface area contributed by atoms with Gasteiger partial charge in [-0.05, 0) is 76.4 Å². The van der Waals surface area contributed by atoms with Gasteiger partial charge in [-0.3, -0.25) is 4.68 Å². The number of aryl methyl sites for hydroxylation is 1. The minimum atomic E-state index is -1.29. The fourth-order valence-electron chi connectivity index (χ4n) is 4.46. The Morgan fingerprint density at radius 1 is 1.12 bits per heavy atom. The van der Waals surface area contributed by atoms with Crippen molar-refractivity contribution < 1.29 is 23.4 Å². The van der Waals surface area contributed by atoms with E-state index in [2.05, 4.69) is 22.3 Å². The van der Waals surface area contributed by atoms with Crippen molar-refractivity contribution in [3.63, 3.8) is 0 Å². The van der Waals surface area contributed by atoms with Crippen LogP contribution in [0.1, 0.15) is 57.7 Å². The number of anilines is 1. The van der Waals surface area contributed by atoms with Gasteiger partial charge in [0, 0.05) is 36.2 Å². The molecule has 0 bridgehead atoms. The van der Waals surface area contributed by atoms with E-state index in [1.165, 1.54) is 26.0 Å². The molecule has 2 aromatic heterocycles. The minimum Gasteiger partial charge on any atom is -0.439 e. The second-order valence-corrected chi connectivity index (χ2v) is 11.9. The molecule has 0 aliphatic rings. The molecule has 1 amide bonds. The number of nitrogens with one attached hydrogen (secondary N) is 1. The normalized spacial score (nSPS) is 12.5. The average Bonchev–Trinajstić information content (AvgIpc) is 3.15. The summed E-state index contributed by atoms with van der Waals surface area (Å²) in [4.78, 5) is 17.8. The van der Waals surface area contributed by atoms with Gasteiger partial charge < -0.3 is 20.9 Å². The molecule has 11 heteroatoms. The molecule has 2 aromatic carbocycles. The van der Waals surface area contributed by atoms with Gasteiger partial charge in [-0.15, -0.1) is 0 Å². The fourth-order valence-corrected chi connectivity index (χ4v) is 4.71. The summed E-state index contributed by atoms with van der Waals surface area (Å²) in [5.74, 6) is 4.26. The van der Waals surface area contributed by atoms with E-state index < -0.39 is 35.0 Å². The van der Waals surface area contributed by atoms with Crippen molar-refractivity contribution in [2.45, 2.75) is 58.3 Å². The predicted molar refractivity (Wildman–Crippen MR) is 159 cm³/mol. The van der Waals surface area contributed by atoms with E-state index in [9.17, 15) is 18.7 Å². The number of ether oxygens (including phenoxy) is 1. The summed E-state index contributed by atoms with van der Waals surface area (Å²) in [7, 11) is 1.72. The molecule has 0 fully saturated rings. The Balaban J connectivity index is 1.98. The SMILES string of the molecule is Cn1nc(N)c2c(Cl)ccc(-c3ccc(C#CC(C)(C)O)nc3[C@H](Cc3cc(F)cc(F)c3)OC(=O)NC(C)(C)C)c21. The van der Waals surface area contributed by atoms with Gasteiger partial charge in [-0.2, -0.15) is 5.10 Å². The van der Waals surface area contributed by atoms with E-state index in [4.69, 9.17) is 27.1 Å². The molecule has 42 heavy (non-hydrogen) atoms. The first kappa shape index (κ1) is 30.8. The van der Waals surface area contributed by atoms with E-state index in [1.54, 1.807) is 56.8 Å². The molecule has 1 atom stereocenters. The van der Waals surface area contributed by atoms with Crippen molar-refractivity contribution in [1.29, 1.82) is 0 Å². The van der Waals surface area contributed by atoms with Crippen LogP contribution < -0.4 is 11.1 Å². The Labute approximate surface area is 247 Å². The molecule has 4 aromatic rings. The summed E-state index contributed by atoms with van der Waals surface area (Å²) < 4.78 is 35.9. The average molecular weight is 596 g/mol. The lowest BCUT2D eigenvalue weighted by atomic mass is 9.95. The molecule has 4 rings (SSSR count). The van der Waals surface area contributed by atoms with Gasteiger partial charge in [-0.25, -0.2) is 18.6 Å². The van der Waals surface area contributed by atoms with Crippen LogP contribution >= 0.6 is 11.6 Å². The summed E-state index contributed by atoms with van der Waals surface area (Å²) in [6.07, 6.45) is -1.99. The lowest BCUT2D eigenvalue weighted by Gasteiger charge is -2.25. The Morgan fingerprint density at radius 3 is 2.38 bits per heavy atom. The number of aromatic nitrogens is 3. The van der Waals surface area contributed by atoms with Crippen LogP contribution in [0.25, 0.3) is 22.0 Å². The maximum Gasteiger partial charge on any atom is 0.408 e. The van der Waals surface area contributed by atoms with Crippen molar-refractivity contribution >= 4 is 34.4 Å². The van der Waals surface area contributed by atoms with E-state index in [0.717, 1.165) is 6.07 Å². The molecule has 4 N–H and O–H groups in total. The molecule has 8 nitrogen and oxygen atoms in total. The minimum absolute atomic E-state index is 0.112. The van der Waals surface area contributed by atoms with Gasteiger partial charge in [-0.1, -0.05) is 23.6 Å². The molecule has 2 heterocycles. The van der Waals surface area contributed by atoms with Crippen molar-refractivity contribution in [1.82, 2.24) is 20.1 Å². The highest BCUT2D eigenvalue weighted by molar-refractivity contribution is 6.37. The smallest absolute Gasteiger partial charge is 0.408 e. The van der Waals surface area contributed by atoms with E-state index >= 15 is 0 Å². The van der Waals surface area contributed by atoms with Crippen LogP contribution in [0.3, 0.4) is 0 Å². The summed E-state index contributed by atoms with van der Waals surface area (Å²) in [6.45, 7) is 8.44. The Kier molecular flexibility index (Phi) is 8.48. The molecule has 0 unspecified atom stereocenters. The van der Waals surface area contributed by atoms with Crippen molar-refractivity contribution in [3.05, 3.63) is 76.1 Å². The third-order valence-corrected chi connectivity index (χ3v) is 6.37. The van der Waals surface area contributed by atoms with E-state index in [0.29, 0.717) is 27.1 Å². The zero-order chi connectivity index (χ0) is 31.0. The van der Waals surface area contributed by atoms with Crippen LogP contribution in [-0.2, 0) is 18.2 Å². The van der Waals surface area contributed by atoms with Gasteiger partial charge in [0.25, 0.3) is 0 Å². The topological polar surface area (TPSA) is 115 Å². The number of aliphatic hydroxyl groups is 1.